The van der Waals surface area contributed by atoms with E-state index >= 15 is 0 Å². The van der Waals surface area contributed by atoms with E-state index in [2.05, 4.69) is 63.6 Å². The number of benzene rings is 1. The highest BCUT2D eigenvalue weighted by Gasteiger charge is 2.25. The largest absolute Gasteiger partial charge is 0.454 e. The van der Waals surface area contributed by atoms with Crippen LogP contribution in [0.3, 0.4) is 0 Å². The molecule has 4 rings (SSSR count). The molecule has 0 saturated heterocycles. The van der Waals surface area contributed by atoms with E-state index in [1.54, 1.807) is 0 Å². The number of hydrogen-bond acceptors (Lipinski definition) is 6. The lowest BCUT2D eigenvalue weighted by Gasteiger charge is -2.18. The van der Waals surface area contributed by atoms with E-state index < -0.39 is 6.08 Å². The Morgan fingerprint density at radius 2 is 2.00 bits per heavy atom. The van der Waals surface area contributed by atoms with Crippen molar-refractivity contribution in [2.75, 3.05) is 25.6 Å². The summed E-state index contributed by atoms with van der Waals surface area (Å²) in [6, 6.07) is 3.89. The molecule has 1 aliphatic heterocycles. The molecule has 2 aromatic heterocycles. The van der Waals surface area contributed by atoms with Gasteiger partial charge in [0.05, 0.1) is 6.54 Å². The molecule has 0 unspecified atom stereocenters. The fourth-order valence-corrected chi connectivity index (χ4v) is 3.93. The predicted molar refractivity (Wildman–Crippen MR) is 119 cm³/mol. The molecule has 0 radical (unpaired) electrons. The quantitative estimate of drug-likeness (QED) is 0.198. The molecule has 3 aromatic rings. The summed E-state index contributed by atoms with van der Waals surface area (Å²) in [5.74, 6) is 2.23. The molecule has 4 N–H and O–H groups in total. The maximum Gasteiger partial charge on any atom is 0.425 e. The van der Waals surface area contributed by atoms with Gasteiger partial charge in [0, 0.05) is 23.1 Å². The van der Waals surface area contributed by atoms with Gasteiger partial charge < -0.3 is 25.5 Å². The van der Waals surface area contributed by atoms with E-state index in [0.717, 1.165) is 21.4 Å². The van der Waals surface area contributed by atoms with Crippen LogP contribution in [0.1, 0.15) is 32.2 Å². The van der Waals surface area contributed by atoms with Crippen LogP contribution in [-0.4, -0.2) is 34.8 Å². The first-order chi connectivity index (χ1) is 14.2. The number of nitrogens with two attached hydrogens (primary N) is 1. The van der Waals surface area contributed by atoms with Crippen molar-refractivity contribution in [1.29, 1.82) is 0 Å². The number of halogens is 2. The number of nitrogens with one attached hydrogen (secondary N) is 2. The highest BCUT2D eigenvalue weighted by Crippen LogP contribution is 2.36. The van der Waals surface area contributed by atoms with Crippen molar-refractivity contribution >= 4 is 39.6 Å². The molecule has 1 aliphatic rings. The summed E-state index contributed by atoms with van der Waals surface area (Å²) in [4.78, 5) is 11.7. The van der Waals surface area contributed by atoms with Crippen molar-refractivity contribution < 1.29 is 18.4 Å². The van der Waals surface area contributed by atoms with Crippen LogP contribution in [0.4, 0.5) is 10.2 Å². The number of fused-ring (bicyclic) bond motifs is 2. The Labute approximate surface area is 187 Å². The third-order valence-electron chi connectivity index (χ3n) is 4.75. The van der Waals surface area contributed by atoms with Gasteiger partial charge in [-0.05, 0) is 45.7 Å². The smallest absolute Gasteiger partial charge is 0.425 e. The Morgan fingerprint density at radius 3 is 2.73 bits per heavy atom. The highest BCUT2D eigenvalue weighted by molar-refractivity contribution is 14.1. The Morgan fingerprint density at radius 1 is 1.27 bits per heavy atom. The van der Waals surface area contributed by atoms with E-state index in [0.29, 0.717) is 42.2 Å². The summed E-state index contributed by atoms with van der Waals surface area (Å²) < 4.78 is 27.9. The minimum atomic E-state index is -0.645. The Balaban J connectivity index is 1.60. The second kappa shape index (κ2) is 8.14. The normalized spacial score (nSPS) is 13.4. The van der Waals surface area contributed by atoms with Crippen LogP contribution in [0.5, 0.6) is 11.5 Å². The lowest BCUT2D eigenvalue weighted by atomic mass is 9.97. The average Bonchev–Trinajstić information content (AvgIpc) is 3.27. The number of H-pyrrole nitrogens is 1. The van der Waals surface area contributed by atoms with Crippen LogP contribution in [0, 0.1) is 15.1 Å². The molecule has 1 aromatic carbocycles. The maximum absolute atomic E-state index is 14.6. The van der Waals surface area contributed by atoms with Gasteiger partial charge in [-0.2, -0.15) is 4.57 Å². The molecule has 0 bridgehead atoms. The van der Waals surface area contributed by atoms with Gasteiger partial charge in [0.1, 0.15) is 0 Å². The zero-order valence-electron chi connectivity index (χ0n) is 17.2. The van der Waals surface area contributed by atoms with E-state index in [1.807, 2.05) is 12.1 Å². The number of nitrogen functional groups attached to an aromatic ring is 1. The van der Waals surface area contributed by atoms with Gasteiger partial charge in [-0.25, -0.2) is 0 Å². The molecule has 0 aliphatic carbocycles. The van der Waals surface area contributed by atoms with Gasteiger partial charge in [-0.1, -0.05) is 30.7 Å². The molecule has 0 atom stereocenters. The number of ether oxygens (including phenoxy) is 2. The van der Waals surface area contributed by atoms with Crippen LogP contribution < -0.4 is 25.1 Å². The number of hydrogen-bond donors (Lipinski definition) is 3. The number of rotatable bonds is 6. The molecule has 10 heteroatoms. The molecular formula is C20H25FIN6O2+. The molecule has 8 nitrogen and oxygen atoms in total. The van der Waals surface area contributed by atoms with E-state index in [4.69, 9.17) is 15.2 Å². The molecule has 0 amide bonds. The Hall–Kier alpha value is -2.21. The van der Waals surface area contributed by atoms with Gasteiger partial charge in [-0.3, -0.25) is 0 Å². The number of nitrogens with zero attached hydrogens (tertiary/aromatic N) is 3. The van der Waals surface area contributed by atoms with E-state index in [9.17, 15) is 4.39 Å². The van der Waals surface area contributed by atoms with Crippen molar-refractivity contribution in [3.63, 3.8) is 0 Å². The third-order valence-corrected chi connectivity index (χ3v) is 5.75. The lowest BCUT2D eigenvalue weighted by Crippen LogP contribution is -2.45. The van der Waals surface area contributed by atoms with Crippen molar-refractivity contribution in [3.8, 4) is 11.5 Å². The van der Waals surface area contributed by atoms with Gasteiger partial charge in [0.15, 0.2) is 22.8 Å². The fourth-order valence-electron chi connectivity index (χ4n) is 3.30. The standard InChI is InChI=1S/C20H24FIN6O2/c1-20(2,3)9-24-4-5-28-18-16(17(23)27-19(28)21)25-15(26-18)7-11-6-13-14(8-12(11)22)30-10-29-13/h6,8,24H,4-5,7,9-10H2,1-3H3,(H2,23,25,26)/p+1/i22-3. The van der Waals surface area contributed by atoms with Crippen molar-refractivity contribution in [1.82, 2.24) is 20.3 Å². The maximum atomic E-state index is 14.6. The summed E-state index contributed by atoms with van der Waals surface area (Å²) in [7, 11) is 0. The predicted octanol–water partition coefficient (Wildman–Crippen LogP) is 2.53. The van der Waals surface area contributed by atoms with Crippen molar-refractivity contribution in [2.24, 2.45) is 5.41 Å². The van der Waals surface area contributed by atoms with Gasteiger partial charge in [0.2, 0.25) is 12.6 Å². The first-order valence-corrected chi connectivity index (χ1v) is 10.8. The number of anilines is 1. The number of aromatic nitrogens is 4. The fraction of sp³-hybridized carbons (Fsp3) is 0.450. The number of imidazole rings is 1. The zero-order chi connectivity index (χ0) is 21.5. The minimum Gasteiger partial charge on any atom is -0.454 e. The molecule has 0 saturated carbocycles. The zero-order valence-corrected chi connectivity index (χ0v) is 19.3. The summed E-state index contributed by atoms with van der Waals surface area (Å²) in [6.45, 7) is 8.50. The second-order valence-electron chi connectivity index (χ2n) is 8.51. The highest BCUT2D eigenvalue weighted by atomic mass is 124. The SMILES string of the molecule is CC(C)(C)CNCC[n+]1c(F)nc(N)c2[nH]c(Cc3cc4c(cc3[124I])OCO4)nc21. The van der Waals surface area contributed by atoms with Crippen LogP contribution in [0.25, 0.3) is 11.2 Å². The molecule has 0 spiro atoms. The van der Waals surface area contributed by atoms with Crippen LogP contribution in [0.2, 0.25) is 0 Å². The average molecular weight is 524 g/mol. The monoisotopic (exact) mass is 524 g/mol. The van der Waals surface area contributed by atoms with Crippen molar-refractivity contribution in [2.45, 2.75) is 33.7 Å². The molecule has 0 fully saturated rings. The Kier molecular flexibility index (Phi) is 5.71. The number of aromatic amines is 1. The minimum absolute atomic E-state index is 0.0977. The van der Waals surface area contributed by atoms with E-state index in [-0.39, 0.29) is 18.0 Å². The van der Waals surface area contributed by atoms with Crippen LogP contribution in [-0.2, 0) is 13.0 Å². The molecule has 3 heterocycles. The van der Waals surface area contributed by atoms with Gasteiger partial charge in [-0.15, -0.1) is 4.39 Å². The Bertz CT molecular complexity index is 1100. The second-order valence-corrected chi connectivity index (χ2v) is 9.67. The first-order valence-electron chi connectivity index (χ1n) is 9.73. The van der Waals surface area contributed by atoms with E-state index in [1.165, 1.54) is 4.57 Å². The first kappa shape index (κ1) is 21.0. The van der Waals surface area contributed by atoms with Gasteiger partial charge in [0.25, 0.3) is 5.65 Å². The summed E-state index contributed by atoms with van der Waals surface area (Å²) in [6.07, 6.45) is -0.124. The molecule has 160 valence electrons. The third kappa shape index (κ3) is 4.43. The summed E-state index contributed by atoms with van der Waals surface area (Å²) >= 11 is 2.26. The lowest BCUT2D eigenvalue weighted by molar-refractivity contribution is -0.703. The molecular weight excluding hydrogens is 499 g/mol. The topological polar surface area (TPSA) is 102 Å². The molecule has 30 heavy (non-hydrogen) atoms. The summed E-state index contributed by atoms with van der Waals surface area (Å²) in [5, 5.41) is 3.35. The van der Waals surface area contributed by atoms with Gasteiger partial charge >= 0.3 is 6.08 Å². The summed E-state index contributed by atoms with van der Waals surface area (Å²) in [5.41, 5.74) is 8.14. The van der Waals surface area contributed by atoms with Crippen LogP contribution >= 0.6 is 22.6 Å². The van der Waals surface area contributed by atoms with Crippen molar-refractivity contribution in [3.05, 3.63) is 33.2 Å². The van der Waals surface area contributed by atoms with Crippen LogP contribution in [0.15, 0.2) is 12.1 Å².